The van der Waals surface area contributed by atoms with Crippen molar-refractivity contribution in [3.8, 4) is 11.5 Å². The maximum atomic E-state index is 13.1. The van der Waals surface area contributed by atoms with Crippen LogP contribution in [0.1, 0.15) is 115 Å². The summed E-state index contributed by atoms with van der Waals surface area (Å²) in [5, 5.41) is 3.15. The normalized spacial score (nSPS) is 12.5. The van der Waals surface area contributed by atoms with Crippen LogP contribution in [0.3, 0.4) is 0 Å². The number of aromatic nitrogens is 1. The molecule has 2 aromatic rings. The molecule has 1 aromatic heterocycles. The first-order valence-corrected chi connectivity index (χ1v) is 19.3. The predicted molar refractivity (Wildman–Crippen MR) is 184 cm³/mol. The number of hydrogen-bond donors (Lipinski definition) is 1. The van der Waals surface area contributed by atoms with Crippen molar-refractivity contribution in [2.75, 3.05) is 26.0 Å². The molecule has 12 heteroatoms. The zero-order chi connectivity index (χ0) is 35.1. The Labute approximate surface area is 285 Å². The van der Waals surface area contributed by atoms with E-state index in [1.54, 1.807) is 26.0 Å². The topological polar surface area (TPSA) is 96.0 Å². The average molecular weight is 701 g/mol. The van der Waals surface area contributed by atoms with E-state index < -0.39 is 20.4 Å². The Bertz CT molecular complexity index is 1190. The Balaban J connectivity index is 1.88. The van der Waals surface area contributed by atoms with E-state index in [0.29, 0.717) is 30.7 Å². The van der Waals surface area contributed by atoms with Gasteiger partial charge in [0, 0.05) is 24.7 Å². The van der Waals surface area contributed by atoms with Gasteiger partial charge in [-0.05, 0) is 56.9 Å². The van der Waals surface area contributed by atoms with Gasteiger partial charge in [-0.3, -0.25) is 14.3 Å². The van der Waals surface area contributed by atoms with Gasteiger partial charge in [-0.2, -0.15) is 13.2 Å². The number of hydrogen-bond acceptors (Lipinski definition) is 7. The van der Waals surface area contributed by atoms with E-state index in [0.717, 1.165) is 24.8 Å². The molecular formula is C36H56F3N2O6P. The minimum atomic E-state index is -4.43. The van der Waals surface area contributed by atoms with Gasteiger partial charge in [0.1, 0.15) is 18.1 Å². The van der Waals surface area contributed by atoms with Gasteiger partial charge in [-0.15, -0.1) is 0 Å². The summed E-state index contributed by atoms with van der Waals surface area (Å²) >= 11 is 0. The van der Waals surface area contributed by atoms with Crippen molar-refractivity contribution in [1.29, 1.82) is 0 Å². The zero-order valence-corrected chi connectivity index (χ0v) is 29.9. The number of ether oxygens (including phenoxy) is 2. The molecule has 8 nitrogen and oxygen atoms in total. The van der Waals surface area contributed by atoms with Gasteiger partial charge in [0.15, 0.2) is 6.61 Å². The molecule has 2 rings (SSSR count). The van der Waals surface area contributed by atoms with Crippen molar-refractivity contribution < 1.29 is 41.1 Å². The number of halogens is 3. The van der Waals surface area contributed by atoms with Crippen LogP contribution in [0.4, 0.5) is 13.2 Å². The van der Waals surface area contributed by atoms with Gasteiger partial charge >= 0.3 is 13.8 Å². The molecule has 0 spiro atoms. The van der Waals surface area contributed by atoms with Gasteiger partial charge in [-0.1, -0.05) is 83.3 Å². The number of pyridine rings is 1. The number of nitrogens with one attached hydrogen (secondary N) is 1. The van der Waals surface area contributed by atoms with Gasteiger partial charge in [0.05, 0.1) is 25.1 Å². The van der Waals surface area contributed by atoms with Crippen LogP contribution in [0.25, 0.3) is 0 Å². The van der Waals surface area contributed by atoms with Gasteiger partial charge in [0.25, 0.3) is 0 Å². The second-order valence-electron chi connectivity index (χ2n) is 12.0. The Kier molecular flexibility index (Phi) is 20.5. The fourth-order valence-electron chi connectivity index (χ4n) is 5.30. The Morgan fingerprint density at radius 3 is 2.02 bits per heavy atom. The predicted octanol–water partition coefficient (Wildman–Crippen LogP) is 9.99. The monoisotopic (exact) mass is 700 g/mol. The summed E-state index contributed by atoms with van der Waals surface area (Å²) in [6, 6.07) is 9.85. The van der Waals surface area contributed by atoms with Crippen LogP contribution in [0, 0.1) is 0 Å². The third-order valence-electron chi connectivity index (χ3n) is 7.76. The second-order valence-corrected chi connectivity index (χ2v) is 14.2. The molecule has 0 fully saturated rings. The first kappa shape index (κ1) is 41.6. The molecule has 1 amide bonds. The molecule has 0 aliphatic carbocycles. The van der Waals surface area contributed by atoms with Crippen LogP contribution in [0.2, 0.25) is 0 Å². The summed E-state index contributed by atoms with van der Waals surface area (Å²) < 4.78 is 72.1. The first-order chi connectivity index (χ1) is 23.1. The molecule has 0 aliphatic heterocycles. The fourth-order valence-corrected chi connectivity index (χ4v) is 7.05. The van der Waals surface area contributed by atoms with Gasteiger partial charge < -0.3 is 23.8 Å². The molecule has 1 atom stereocenters. The summed E-state index contributed by atoms with van der Waals surface area (Å²) in [5.41, 5.74) is 1.37. The second kappa shape index (κ2) is 23.7. The van der Waals surface area contributed by atoms with E-state index in [9.17, 15) is 22.5 Å². The highest BCUT2D eigenvalue weighted by atomic mass is 31.2. The van der Waals surface area contributed by atoms with E-state index in [-0.39, 0.29) is 43.7 Å². The van der Waals surface area contributed by atoms with Crippen LogP contribution in [0.15, 0.2) is 42.6 Å². The molecule has 0 aliphatic rings. The maximum Gasteiger partial charge on any atom is 0.422 e. The molecule has 1 aromatic carbocycles. The van der Waals surface area contributed by atoms with E-state index in [1.165, 1.54) is 69.7 Å². The van der Waals surface area contributed by atoms with E-state index in [4.69, 9.17) is 18.5 Å². The molecule has 0 saturated carbocycles. The van der Waals surface area contributed by atoms with E-state index in [1.807, 2.05) is 12.1 Å². The highest BCUT2D eigenvalue weighted by molar-refractivity contribution is 7.53. The van der Waals surface area contributed by atoms with Crippen molar-refractivity contribution in [3.05, 3.63) is 53.9 Å². The molecule has 1 N–H and O–H groups in total. The third kappa shape index (κ3) is 19.4. The molecule has 0 bridgehead atoms. The summed E-state index contributed by atoms with van der Waals surface area (Å²) in [6.07, 6.45) is 11.9. The maximum absolute atomic E-state index is 13.1. The van der Waals surface area contributed by atoms with E-state index in [2.05, 4.69) is 17.2 Å². The number of carbonyl (C=O) groups excluding carboxylic acids is 1. The van der Waals surface area contributed by atoms with Crippen molar-refractivity contribution in [1.82, 2.24) is 10.3 Å². The third-order valence-corrected chi connectivity index (χ3v) is 9.87. The Morgan fingerprint density at radius 2 is 1.44 bits per heavy atom. The number of benzene rings is 1. The minimum Gasteiger partial charge on any atom is -0.487 e. The summed E-state index contributed by atoms with van der Waals surface area (Å²) in [6.45, 7) is 4.99. The van der Waals surface area contributed by atoms with Crippen LogP contribution < -0.4 is 14.8 Å². The number of amides is 1. The standard InChI is InChI=1S/C36H56F3N2O6P/c1-4-7-8-9-10-11-12-13-14-15-16-17-35(42)41-31(23-25-48(43,46-5-2)47-6-3)26-30-18-20-33(21-19-30)44-28-32-27-34(22-24-40-32)45-29-36(37,38)39/h18-22,24,27,31H,4-17,23,25-26,28-29H2,1-3H3,(H,41,42)/t31-/m0/s1. The van der Waals surface area contributed by atoms with Crippen molar-refractivity contribution in [2.24, 2.45) is 0 Å². The molecule has 48 heavy (non-hydrogen) atoms. The van der Waals surface area contributed by atoms with Crippen LogP contribution >= 0.6 is 7.60 Å². The number of unbranched alkanes of at least 4 members (excludes halogenated alkanes) is 10. The van der Waals surface area contributed by atoms with Gasteiger partial charge in [0.2, 0.25) is 5.91 Å². The van der Waals surface area contributed by atoms with Crippen molar-refractivity contribution >= 4 is 13.5 Å². The van der Waals surface area contributed by atoms with Crippen molar-refractivity contribution in [2.45, 2.75) is 129 Å². The smallest absolute Gasteiger partial charge is 0.422 e. The lowest BCUT2D eigenvalue weighted by atomic mass is 10.0. The Morgan fingerprint density at radius 1 is 0.833 bits per heavy atom. The number of rotatable bonds is 27. The molecule has 0 saturated heterocycles. The first-order valence-electron chi connectivity index (χ1n) is 17.6. The number of alkyl halides is 3. The Hall–Kier alpha value is -2.62. The summed E-state index contributed by atoms with van der Waals surface area (Å²) in [7, 11) is -3.27. The number of carbonyl (C=O) groups is 1. The molecule has 1 heterocycles. The zero-order valence-electron chi connectivity index (χ0n) is 29.0. The molecule has 0 radical (unpaired) electrons. The molecular weight excluding hydrogens is 644 g/mol. The largest absolute Gasteiger partial charge is 0.487 e. The van der Waals surface area contributed by atoms with Crippen molar-refractivity contribution in [3.63, 3.8) is 0 Å². The SMILES string of the molecule is CCCCCCCCCCCCCC(=O)N[C@@H](CCP(=O)(OCC)OCC)Cc1ccc(OCc2cc(OCC(F)(F)F)ccn2)cc1. The van der Waals surface area contributed by atoms with Crippen LogP contribution in [-0.2, 0) is 31.4 Å². The average Bonchev–Trinajstić information content (AvgIpc) is 3.05. The van der Waals surface area contributed by atoms with E-state index >= 15 is 0 Å². The van der Waals surface area contributed by atoms with Crippen LogP contribution in [-0.4, -0.2) is 49.1 Å². The van der Waals surface area contributed by atoms with Gasteiger partial charge in [-0.25, -0.2) is 0 Å². The fraction of sp³-hybridized carbons (Fsp3) is 0.667. The summed E-state index contributed by atoms with van der Waals surface area (Å²) in [4.78, 5) is 17.1. The number of nitrogens with zero attached hydrogens (tertiary/aromatic N) is 1. The minimum absolute atomic E-state index is 0.0209. The highest BCUT2D eigenvalue weighted by Crippen LogP contribution is 2.48. The van der Waals surface area contributed by atoms with Crippen LogP contribution in [0.5, 0.6) is 11.5 Å². The lowest BCUT2D eigenvalue weighted by molar-refractivity contribution is -0.153. The lowest BCUT2D eigenvalue weighted by Crippen LogP contribution is -2.37. The highest BCUT2D eigenvalue weighted by Gasteiger charge is 2.28. The summed E-state index contributed by atoms with van der Waals surface area (Å²) in [5.74, 6) is 0.593. The molecule has 0 unspecified atom stereocenters. The lowest BCUT2D eigenvalue weighted by Gasteiger charge is -2.22. The molecule has 272 valence electrons. The quantitative estimate of drug-likeness (QED) is 0.0732.